The number of aliphatic hydroxyl groups excluding tert-OH is 3. The summed E-state index contributed by atoms with van der Waals surface area (Å²) in [5, 5.41) is 42.1. The fourth-order valence-electron chi connectivity index (χ4n) is 3.47. The molecule has 3 heterocycles. The number of carboxylic acids is 1. The minimum atomic E-state index is -1.30. The molecule has 1 saturated heterocycles. The van der Waals surface area contributed by atoms with E-state index in [0.29, 0.717) is 0 Å². The lowest BCUT2D eigenvalue weighted by Crippen LogP contribution is -2.33. The fraction of sp³-hybridized carbons (Fsp3) is 0.368. The maximum atomic E-state index is 11.8. The molecule has 0 amide bonds. The van der Waals surface area contributed by atoms with Gasteiger partial charge in [-0.3, -0.25) is 4.57 Å². The minimum Gasteiger partial charge on any atom is -0.480 e. The third kappa shape index (κ3) is 3.71. The van der Waals surface area contributed by atoms with Crippen molar-refractivity contribution in [1.82, 2.24) is 19.5 Å². The Balaban J connectivity index is 1.62. The molecule has 5 N–H and O–H groups in total. The number of aliphatic carboxylic acids is 1. The fourth-order valence-corrected chi connectivity index (χ4v) is 3.47. The van der Waals surface area contributed by atoms with Gasteiger partial charge in [0, 0.05) is 6.42 Å². The van der Waals surface area contributed by atoms with Crippen LogP contribution in [0.5, 0.6) is 0 Å². The smallest absolute Gasteiger partial charge is 0.326 e. The lowest BCUT2D eigenvalue weighted by atomic mass is 10.1. The Morgan fingerprint density at radius 3 is 2.60 bits per heavy atom. The monoisotopic (exact) mass is 415 g/mol. The summed E-state index contributed by atoms with van der Waals surface area (Å²) in [5.41, 5.74) is 1.42. The van der Waals surface area contributed by atoms with Gasteiger partial charge in [-0.1, -0.05) is 30.3 Å². The van der Waals surface area contributed by atoms with Crippen molar-refractivity contribution in [3.05, 3.63) is 48.5 Å². The first-order valence-corrected chi connectivity index (χ1v) is 9.33. The predicted octanol–water partition coefficient (Wildman–Crippen LogP) is -0.454. The summed E-state index contributed by atoms with van der Waals surface area (Å²) in [4.78, 5) is 24.3. The topological polar surface area (TPSA) is 163 Å². The highest BCUT2D eigenvalue weighted by molar-refractivity contribution is 5.86. The van der Waals surface area contributed by atoms with E-state index >= 15 is 0 Å². The number of aromatic nitrogens is 4. The molecule has 1 aliphatic heterocycles. The zero-order valence-corrected chi connectivity index (χ0v) is 15.7. The molecule has 1 aromatic carbocycles. The number of hydrogen-bond acceptors (Lipinski definition) is 9. The van der Waals surface area contributed by atoms with Crippen molar-refractivity contribution < 1.29 is 30.0 Å². The summed E-state index contributed by atoms with van der Waals surface area (Å²) in [6, 6.07) is 8.24. The van der Waals surface area contributed by atoms with E-state index in [4.69, 9.17) is 4.74 Å². The van der Waals surface area contributed by atoms with E-state index in [1.54, 1.807) is 0 Å². The largest absolute Gasteiger partial charge is 0.480 e. The molecule has 0 radical (unpaired) electrons. The van der Waals surface area contributed by atoms with Crippen LogP contribution in [0.15, 0.2) is 43.0 Å². The molecule has 0 bridgehead atoms. The highest BCUT2D eigenvalue weighted by Crippen LogP contribution is 2.32. The van der Waals surface area contributed by atoms with Crippen molar-refractivity contribution in [2.75, 3.05) is 11.9 Å². The Kier molecular flexibility index (Phi) is 5.59. The zero-order valence-electron chi connectivity index (χ0n) is 15.7. The van der Waals surface area contributed by atoms with Crippen LogP contribution < -0.4 is 5.32 Å². The molecule has 158 valence electrons. The average molecular weight is 415 g/mol. The Labute approximate surface area is 170 Å². The normalized spacial score (nSPS) is 24.8. The van der Waals surface area contributed by atoms with Crippen LogP contribution in [0.4, 0.5) is 5.82 Å². The number of anilines is 1. The molecular weight excluding hydrogens is 394 g/mol. The third-order valence-corrected chi connectivity index (χ3v) is 5.04. The number of aliphatic hydroxyl groups is 3. The third-order valence-electron chi connectivity index (χ3n) is 5.04. The van der Waals surface area contributed by atoms with Gasteiger partial charge in [0.25, 0.3) is 0 Å². The van der Waals surface area contributed by atoms with Gasteiger partial charge >= 0.3 is 5.97 Å². The van der Waals surface area contributed by atoms with Crippen LogP contribution in [0.2, 0.25) is 0 Å². The molecule has 1 aliphatic rings. The first kappa shape index (κ1) is 20.2. The molecule has 4 rings (SSSR count). The highest BCUT2D eigenvalue weighted by atomic mass is 16.6. The van der Waals surface area contributed by atoms with Crippen LogP contribution in [0.1, 0.15) is 11.8 Å². The van der Waals surface area contributed by atoms with Crippen LogP contribution in [-0.4, -0.2) is 76.9 Å². The van der Waals surface area contributed by atoms with Crippen LogP contribution in [0.3, 0.4) is 0 Å². The molecule has 1 unspecified atom stereocenters. The number of carboxylic acid groups (broad SMARTS) is 1. The molecule has 30 heavy (non-hydrogen) atoms. The van der Waals surface area contributed by atoms with E-state index < -0.39 is 43.2 Å². The van der Waals surface area contributed by atoms with Gasteiger partial charge < -0.3 is 30.5 Å². The van der Waals surface area contributed by atoms with Crippen LogP contribution in [0.25, 0.3) is 11.2 Å². The Morgan fingerprint density at radius 2 is 1.93 bits per heavy atom. The minimum absolute atomic E-state index is 0.217. The molecule has 0 spiro atoms. The van der Waals surface area contributed by atoms with E-state index in [-0.39, 0.29) is 23.4 Å². The molecule has 11 heteroatoms. The number of nitrogens with one attached hydrogen (secondary N) is 1. The lowest BCUT2D eigenvalue weighted by Gasteiger charge is -2.17. The summed E-state index contributed by atoms with van der Waals surface area (Å²) in [6.45, 7) is -0.455. The molecule has 1 fully saturated rings. The molecule has 0 aliphatic carbocycles. The van der Waals surface area contributed by atoms with Gasteiger partial charge in [-0.25, -0.2) is 19.7 Å². The van der Waals surface area contributed by atoms with E-state index in [0.717, 1.165) is 5.56 Å². The van der Waals surface area contributed by atoms with Crippen LogP contribution >= 0.6 is 0 Å². The lowest BCUT2D eigenvalue weighted by molar-refractivity contribution is -0.137. The second-order valence-electron chi connectivity index (χ2n) is 7.00. The van der Waals surface area contributed by atoms with Crippen molar-refractivity contribution in [1.29, 1.82) is 0 Å². The summed E-state index contributed by atoms with van der Waals surface area (Å²) < 4.78 is 6.94. The number of imidazole rings is 1. The summed E-state index contributed by atoms with van der Waals surface area (Å²) in [7, 11) is 0. The number of fused-ring (bicyclic) bond motifs is 1. The van der Waals surface area contributed by atoms with Crippen LogP contribution in [0, 0.1) is 0 Å². The standard InChI is InChI=1S/C19H21N5O6/c25-7-12-14(26)15(27)18(30-12)24-9-22-13-16(20-8-21-17(13)24)23-11(19(28)29)6-10-4-2-1-3-5-10/h1-5,8-9,11-12,14-15,18,25-27H,6-7H2,(H,28,29)(H,20,21,23)/t11-,12-,14?,15+,18-/m1/s1. The molecule has 11 nitrogen and oxygen atoms in total. The molecular formula is C19H21N5O6. The van der Waals surface area contributed by atoms with E-state index in [1.165, 1.54) is 17.2 Å². The first-order valence-electron chi connectivity index (χ1n) is 9.33. The van der Waals surface area contributed by atoms with Crippen molar-refractivity contribution in [2.45, 2.75) is 37.0 Å². The summed E-state index contributed by atoms with van der Waals surface area (Å²) in [6.07, 6.45) is -1.68. The number of ether oxygens (including phenoxy) is 1. The summed E-state index contributed by atoms with van der Waals surface area (Å²) >= 11 is 0. The number of benzene rings is 1. The average Bonchev–Trinajstić information content (AvgIpc) is 3.30. The van der Waals surface area contributed by atoms with Crippen molar-refractivity contribution >= 4 is 23.0 Å². The van der Waals surface area contributed by atoms with E-state index in [9.17, 15) is 25.2 Å². The summed E-state index contributed by atoms with van der Waals surface area (Å²) in [5.74, 6) is -0.831. The Hall–Kier alpha value is -3.12. The van der Waals surface area contributed by atoms with Crippen molar-refractivity contribution in [2.24, 2.45) is 0 Å². The van der Waals surface area contributed by atoms with Gasteiger partial charge in [-0.15, -0.1) is 0 Å². The number of hydrogen-bond donors (Lipinski definition) is 5. The van der Waals surface area contributed by atoms with Gasteiger partial charge in [-0.2, -0.15) is 0 Å². The molecule has 3 aromatic rings. The van der Waals surface area contributed by atoms with Crippen LogP contribution in [-0.2, 0) is 16.0 Å². The maximum Gasteiger partial charge on any atom is 0.326 e. The van der Waals surface area contributed by atoms with E-state index in [1.807, 2.05) is 30.3 Å². The molecule has 5 atom stereocenters. The zero-order chi connectivity index (χ0) is 21.3. The van der Waals surface area contributed by atoms with Gasteiger partial charge in [0.1, 0.15) is 30.7 Å². The predicted molar refractivity (Wildman–Crippen MR) is 104 cm³/mol. The SMILES string of the molecule is O=C(O)[C@@H](Cc1ccccc1)Nc1ncnc2c1ncn2[C@@H]1O[C@H](CO)C(O)[C@@H]1O. The van der Waals surface area contributed by atoms with Crippen molar-refractivity contribution in [3.63, 3.8) is 0 Å². The van der Waals surface area contributed by atoms with Gasteiger partial charge in [0.05, 0.1) is 12.9 Å². The second-order valence-corrected chi connectivity index (χ2v) is 7.00. The van der Waals surface area contributed by atoms with Gasteiger partial charge in [0.15, 0.2) is 23.2 Å². The first-order chi connectivity index (χ1) is 14.5. The maximum absolute atomic E-state index is 11.8. The molecule has 2 aromatic heterocycles. The number of nitrogens with zero attached hydrogens (tertiary/aromatic N) is 4. The van der Waals surface area contributed by atoms with Gasteiger partial charge in [-0.05, 0) is 5.56 Å². The quantitative estimate of drug-likeness (QED) is 0.341. The second kappa shape index (κ2) is 8.32. The van der Waals surface area contributed by atoms with E-state index in [2.05, 4.69) is 20.3 Å². The molecule has 0 saturated carbocycles. The Morgan fingerprint density at radius 1 is 1.17 bits per heavy atom. The number of rotatable bonds is 7. The Bertz CT molecular complexity index is 1030. The number of carbonyl (C=O) groups is 1. The highest BCUT2D eigenvalue weighted by Gasteiger charge is 2.44. The van der Waals surface area contributed by atoms with Crippen molar-refractivity contribution in [3.8, 4) is 0 Å². The van der Waals surface area contributed by atoms with Gasteiger partial charge in [0.2, 0.25) is 0 Å².